The van der Waals surface area contributed by atoms with Gasteiger partial charge < -0.3 is 4.90 Å². The lowest BCUT2D eigenvalue weighted by molar-refractivity contribution is 0.0658. The van der Waals surface area contributed by atoms with E-state index in [2.05, 4.69) is 26.7 Å². The lowest BCUT2D eigenvalue weighted by atomic mass is 9.97. The topological polar surface area (TPSA) is 79.7 Å². The molecule has 0 radical (unpaired) electrons. The van der Waals surface area contributed by atoms with E-state index in [4.69, 9.17) is 0 Å². The molecule has 2 aromatic rings. The fourth-order valence-electron chi connectivity index (χ4n) is 4.50. The average molecular weight is 356 g/mol. The van der Waals surface area contributed by atoms with Crippen LogP contribution in [0.4, 0.5) is 0 Å². The van der Waals surface area contributed by atoms with Crippen LogP contribution in [0.2, 0.25) is 0 Å². The van der Waals surface area contributed by atoms with Gasteiger partial charge in [0.1, 0.15) is 0 Å². The Bertz CT molecular complexity index is 753. The van der Waals surface area contributed by atoms with Crippen LogP contribution in [0.1, 0.15) is 71.9 Å². The van der Waals surface area contributed by atoms with E-state index in [0.717, 1.165) is 55.1 Å². The Morgan fingerprint density at radius 1 is 1.23 bits per heavy atom. The molecule has 3 heterocycles. The van der Waals surface area contributed by atoms with Gasteiger partial charge in [-0.2, -0.15) is 5.10 Å². The fraction of sp³-hybridized carbons (Fsp3) is 0.684. The Hall–Kier alpha value is -2.18. The van der Waals surface area contributed by atoms with Crippen LogP contribution in [-0.2, 0) is 6.54 Å². The Morgan fingerprint density at radius 3 is 2.77 bits per heavy atom. The van der Waals surface area contributed by atoms with Crippen LogP contribution < -0.4 is 0 Å². The summed E-state index contributed by atoms with van der Waals surface area (Å²) in [4.78, 5) is 14.9. The van der Waals surface area contributed by atoms with Gasteiger partial charge in [-0.15, -0.1) is 5.10 Å². The molecule has 0 aromatic carbocycles. The number of aromatic nitrogens is 5. The predicted octanol–water partition coefficient (Wildman–Crippen LogP) is 2.83. The fourth-order valence-corrected chi connectivity index (χ4v) is 4.50. The van der Waals surface area contributed by atoms with Crippen molar-refractivity contribution in [3.63, 3.8) is 0 Å². The van der Waals surface area contributed by atoms with Crippen molar-refractivity contribution < 1.29 is 4.79 Å². The van der Waals surface area contributed by atoms with E-state index in [9.17, 15) is 4.79 Å². The van der Waals surface area contributed by atoms with Crippen molar-refractivity contribution in [1.29, 1.82) is 0 Å². The third-order valence-electron chi connectivity index (χ3n) is 5.92. The van der Waals surface area contributed by atoms with Gasteiger partial charge in [0.2, 0.25) is 0 Å². The van der Waals surface area contributed by atoms with Crippen molar-refractivity contribution in [1.82, 2.24) is 30.1 Å². The smallest absolute Gasteiger partial charge is 0.257 e. The molecule has 2 aliphatic rings. The Balaban J connectivity index is 1.40. The number of hydrogen-bond donors (Lipinski definition) is 1. The van der Waals surface area contributed by atoms with Gasteiger partial charge in [-0.1, -0.05) is 18.1 Å². The van der Waals surface area contributed by atoms with Crippen LogP contribution in [-0.4, -0.2) is 49.1 Å². The highest BCUT2D eigenvalue weighted by atomic mass is 16.2. The van der Waals surface area contributed by atoms with Crippen molar-refractivity contribution in [2.45, 2.75) is 64.8 Å². The second-order valence-corrected chi connectivity index (χ2v) is 7.92. The SMILES string of the molecule is Cc1n[nH]c(C)c1C(=O)N1CCCC(Cn2cc(C3CCCC3)nn2)C1. The number of piperidine rings is 1. The number of rotatable bonds is 4. The normalized spacial score (nSPS) is 21.5. The molecular formula is C19H28N6O. The van der Waals surface area contributed by atoms with Crippen LogP contribution in [0.3, 0.4) is 0 Å². The molecule has 1 aliphatic heterocycles. The molecular weight excluding hydrogens is 328 g/mol. The molecule has 1 aliphatic carbocycles. The number of amides is 1. The van der Waals surface area contributed by atoms with Gasteiger partial charge in [0, 0.05) is 37.4 Å². The van der Waals surface area contributed by atoms with Crippen molar-refractivity contribution in [2.75, 3.05) is 13.1 Å². The molecule has 7 heteroatoms. The summed E-state index contributed by atoms with van der Waals surface area (Å²) in [5.74, 6) is 1.13. The molecule has 26 heavy (non-hydrogen) atoms. The molecule has 1 saturated carbocycles. The number of aryl methyl sites for hydroxylation is 2. The second kappa shape index (κ2) is 7.21. The highest BCUT2D eigenvalue weighted by Crippen LogP contribution is 2.32. The van der Waals surface area contributed by atoms with Crippen LogP contribution in [0.5, 0.6) is 0 Å². The van der Waals surface area contributed by atoms with E-state index in [0.29, 0.717) is 11.8 Å². The standard InChI is InChI=1S/C19H28N6O/c1-13-18(14(2)21-20-13)19(26)24-9-5-6-15(10-24)11-25-12-17(22-23-25)16-7-3-4-8-16/h12,15-16H,3-11H2,1-2H3,(H,20,21). The highest BCUT2D eigenvalue weighted by Gasteiger charge is 2.28. The number of hydrogen-bond acceptors (Lipinski definition) is 4. The summed E-state index contributed by atoms with van der Waals surface area (Å²) in [5.41, 5.74) is 3.52. The molecule has 0 bridgehead atoms. The van der Waals surface area contributed by atoms with Crippen molar-refractivity contribution >= 4 is 5.91 Å². The Kier molecular flexibility index (Phi) is 4.78. The summed E-state index contributed by atoms with van der Waals surface area (Å²) < 4.78 is 1.99. The first kappa shape index (κ1) is 17.2. The van der Waals surface area contributed by atoms with Crippen LogP contribution >= 0.6 is 0 Å². The van der Waals surface area contributed by atoms with Gasteiger partial charge in [0.15, 0.2) is 0 Å². The zero-order valence-corrected chi connectivity index (χ0v) is 15.7. The lowest BCUT2D eigenvalue weighted by Gasteiger charge is -2.32. The maximum atomic E-state index is 12.9. The van der Waals surface area contributed by atoms with Gasteiger partial charge in [-0.05, 0) is 45.4 Å². The van der Waals surface area contributed by atoms with Gasteiger partial charge in [-0.25, -0.2) is 0 Å². The first-order chi connectivity index (χ1) is 12.6. The molecule has 1 unspecified atom stereocenters. The van der Waals surface area contributed by atoms with Gasteiger partial charge in [0.25, 0.3) is 5.91 Å². The molecule has 2 fully saturated rings. The maximum Gasteiger partial charge on any atom is 0.257 e. The van der Waals surface area contributed by atoms with E-state index < -0.39 is 0 Å². The molecule has 140 valence electrons. The van der Waals surface area contributed by atoms with Crippen LogP contribution in [0, 0.1) is 19.8 Å². The first-order valence-electron chi connectivity index (χ1n) is 9.82. The van der Waals surface area contributed by atoms with Crippen molar-refractivity contribution in [3.8, 4) is 0 Å². The Labute approximate surface area is 154 Å². The number of aromatic amines is 1. The molecule has 2 aromatic heterocycles. The van der Waals surface area contributed by atoms with E-state index in [1.165, 1.54) is 25.7 Å². The first-order valence-corrected chi connectivity index (χ1v) is 9.82. The van der Waals surface area contributed by atoms with E-state index in [1.807, 2.05) is 23.4 Å². The minimum atomic E-state index is 0.101. The maximum absolute atomic E-state index is 12.9. The van der Waals surface area contributed by atoms with Gasteiger partial charge >= 0.3 is 0 Å². The van der Waals surface area contributed by atoms with Crippen molar-refractivity contribution in [2.24, 2.45) is 5.92 Å². The third-order valence-corrected chi connectivity index (χ3v) is 5.92. The average Bonchev–Trinajstić information content (AvgIpc) is 3.37. The summed E-state index contributed by atoms with van der Waals surface area (Å²) in [7, 11) is 0. The monoisotopic (exact) mass is 356 g/mol. The molecule has 7 nitrogen and oxygen atoms in total. The lowest BCUT2D eigenvalue weighted by Crippen LogP contribution is -2.41. The van der Waals surface area contributed by atoms with Gasteiger partial charge in [-0.3, -0.25) is 14.6 Å². The van der Waals surface area contributed by atoms with Crippen molar-refractivity contribution in [3.05, 3.63) is 28.8 Å². The zero-order valence-electron chi connectivity index (χ0n) is 15.7. The summed E-state index contributed by atoms with van der Waals surface area (Å²) in [6, 6.07) is 0. The molecule has 0 spiro atoms. The molecule has 1 saturated heterocycles. The number of H-pyrrole nitrogens is 1. The minimum absolute atomic E-state index is 0.101. The van der Waals surface area contributed by atoms with Crippen LogP contribution in [0.25, 0.3) is 0 Å². The Morgan fingerprint density at radius 2 is 2.04 bits per heavy atom. The third kappa shape index (κ3) is 3.39. The second-order valence-electron chi connectivity index (χ2n) is 7.92. The summed E-state index contributed by atoms with van der Waals surface area (Å²) in [5, 5.41) is 15.8. The largest absolute Gasteiger partial charge is 0.338 e. The van der Waals surface area contributed by atoms with E-state index in [1.54, 1.807) is 0 Å². The molecule has 1 amide bonds. The quantitative estimate of drug-likeness (QED) is 0.913. The van der Waals surface area contributed by atoms with Crippen LogP contribution in [0.15, 0.2) is 6.20 Å². The highest BCUT2D eigenvalue weighted by molar-refractivity contribution is 5.96. The van der Waals surface area contributed by atoms with E-state index in [-0.39, 0.29) is 5.91 Å². The molecule has 4 rings (SSSR count). The number of nitrogens with one attached hydrogen (secondary N) is 1. The molecule has 1 atom stereocenters. The number of carbonyl (C=O) groups is 1. The predicted molar refractivity (Wildman–Crippen MR) is 97.9 cm³/mol. The number of carbonyl (C=O) groups excluding carboxylic acids is 1. The minimum Gasteiger partial charge on any atom is -0.338 e. The van der Waals surface area contributed by atoms with Gasteiger partial charge in [0.05, 0.1) is 17.0 Å². The summed E-state index contributed by atoms with van der Waals surface area (Å²) in [6.07, 6.45) is 9.40. The number of nitrogens with zero attached hydrogens (tertiary/aromatic N) is 5. The summed E-state index contributed by atoms with van der Waals surface area (Å²) >= 11 is 0. The summed E-state index contributed by atoms with van der Waals surface area (Å²) in [6.45, 7) is 6.24. The molecule has 1 N–H and O–H groups in total. The number of likely N-dealkylation sites (tertiary alicyclic amines) is 1. The zero-order chi connectivity index (χ0) is 18.1. The van der Waals surface area contributed by atoms with E-state index >= 15 is 0 Å².